The fourth-order valence-electron chi connectivity index (χ4n) is 2.61. The zero-order chi connectivity index (χ0) is 20.9. The first-order chi connectivity index (χ1) is 12.5. The molecule has 2 fully saturated rings. The average Bonchev–Trinajstić information content (AvgIpc) is 2.63. The number of aliphatic hydroxyl groups excluding tert-OH is 8. The van der Waals surface area contributed by atoms with Crippen LogP contribution in [0.1, 0.15) is 6.92 Å². The van der Waals surface area contributed by atoms with Crippen LogP contribution in [0.5, 0.6) is 0 Å². The highest BCUT2D eigenvalue weighted by Gasteiger charge is 2.44. The van der Waals surface area contributed by atoms with Crippen LogP contribution in [0, 0.1) is 0 Å². The van der Waals surface area contributed by atoms with E-state index in [9.17, 15) is 30.3 Å². The molecule has 2 saturated heterocycles. The molecule has 2 aliphatic heterocycles. The number of hydrogen-bond donors (Lipinski definition) is 10. The van der Waals surface area contributed by atoms with Crippen molar-refractivity contribution in [2.24, 2.45) is 5.73 Å². The zero-order valence-electron chi connectivity index (χ0n) is 14.6. The number of amides is 1. The number of nitrogens with one attached hydrogen (secondary N) is 1. The van der Waals surface area contributed by atoms with Gasteiger partial charge in [-0.1, -0.05) is 0 Å². The quantitative estimate of drug-likeness (QED) is 0.213. The van der Waals surface area contributed by atoms with Crippen molar-refractivity contribution in [3.63, 3.8) is 0 Å². The van der Waals surface area contributed by atoms with Crippen LogP contribution in [0.2, 0.25) is 0 Å². The summed E-state index contributed by atoms with van der Waals surface area (Å²) in [5.41, 5.74) is 5.26. The van der Waals surface area contributed by atoms with Gasteiger partial charge >= 0.3 is 0 Å². The van der Waals surface area contributed by atoms with E-state index in [1.54, 1.807) is 0 Å². The van der Waals surface area contributed by atoms with E-state index < -0.39 is 80.4 Å². The Kier molecular flexibility index (Phi) is 9.40. The number of aliphatic hydroxyl groups is 8. The summed E-state index contributed by atoms with van der Waals surface area (Å²) >= 11 is 0. The lowest BCUT2D eigenvalue weighted by atomic mass is 9.97. The lowest BCUT2D eigenvalue weighted by Gasteiger charge is -2.40. The number of hydrogen-bond acceptors (Lipinski definition) is 12. The second-order valence-electron chi connectivity index (χ2n) is 6.26. The van der Waals surface area contributed by atoms with Gasteiger partial charge in [0.2, 0.25) is 5.91 Å². The minimum Gasteiger partial charge on any atom is -0.394 e. The van der Waals surface area contributed by atoms with Crippen molar-refractivity contribution >= 4 is 5.91 Å². The molecule has 0 radical (unpaired) electrons. The first-order valence-corrected chi connectivity index (χ1v) is 8.18. The van der Waals surface area contributed by atoms with E-state index in [-0.39, 0.29) is 0 Å². The summed E-state index contributed by atoms with van der Waals surface area (Å²) in [5, 5.41) is 75.5. The van der Waals surface area contributed by atoms with Crippen LogP contribution in [0.25, 0.3) is 0 Å². The predicted octanol–water partition coefficient (Wildman–Crippen LogP) is -6.33. The number of rotatable bonds is 3. The smallest absolute Gasteiger partial charge is 0.217 e. The van der Waals surface area contributed by atoms with E-state index in [4.69, 9.17) is 30.5 Å². The molecule has 13 nitrogen and oxygen atoms in total. The molecule has 4 unspecified atom stereocenters. The molecule has 2 heterocycles. The maximum Gasteiger partial charge on any atom is 0.217 e. The Hall–Kier alpha value is -0.970. The third-order valence-electron chi connectivity index (χ3n) is 4.22. The molecule has 160 valence electrons. The lowest BCUT2D eigenvalue weighted by Crippen LogP contribution is -2.63. The highest BCUT2D eigenvalue weighted by atomic mass is 16.6. The zero-order valence-corrected chi connectivity index (χ0v) is 14.6. The number of nitrogens with two attached hydrogens (primary N) is 1. The van der Waals surface area contributed by atoms with Gasteiger partial charge in [0, 0.05) is 6.92 Å². The van der Waals surface area contributed by atoms with Crippen LogP contribution >= 0.6 is 0 Å². The minimum atomic E-state index is -1.45. The Labute approximate surface area is 154 Å². The van der Waals surface area contributed by atoms with E-state index in [1.807, 2.05) is 0 Å². The summed E-state index contributed by atoms with van der Waals surface area (Å²) < 4.78 is 9.51. The van der Waals surface area contributed by atoms with Crippen LogP contribution in [-0.4, -0.2) is 121 Å². The van der Waals surface area contributed by atoms with Crippen LogP contribution < -0.4 is 11.1 Å². The molecule has 2 rings (SSSR count). The topological polar surface area (TPSA) is 235 Å². The van der Waals surface area contributed by atoms with Crippen LogP contribution in [-0.2, 0) is 14.3 Å². The molecular weight excluding hydrogens is 372 g/mol. The van der Waals surface area contributed by atoms with Gasteiger partial charge in [-0.25, -0.2) is 0 Å². The van der Waals surface area contributed by atoms with Crippen molar-refractivity contribution in [1.29, 1.82) is 0 Å². The molecule has 0 aromatic carbocycles. The first kappa shape index (κ1) is 24.1. The normalized spacial score (nSPS) is 44.8. The number of ether oxygens (including phenoxy) is 2. The maximum atomic E-state index is 10.7. The summed E-state index contributed by atoms with van der Waals surface area (Å²) in [4.78, 5) is 10.7. The summed E-state index contributed by atoms with van der Waals surface area (Å²) in [6.07, 6.45) is -10.1. The van der Waals surface area contributed by atoms with Gasteiger partial charge in [0.25, 0.3) is 0 Å². The lowest BCUT2D eigenvalue weighted by molar-refractivity contribution is -0.253. The monoisotopic (exact) mass is 400 g/mol. The molecular formula is C14H28N2O11. The summed E-state index contributed by atoms with van der Waals surface area (Å²) in [7, 11) is 0. The largest absolute Gasteiger partial charge is 0.394 e. The minimum absolute atomic E-state index is 0.462. The van der Waals surface area contributed by atoms with Gasteiger partial charge in [0.15, 0.2) is 12.6 Å². The van der Waals surface area contributed by atoms with E-state index in [2.05, 4.69) is 5.32 Å². The van der Waals surface area contributed by atoms with E-state index >= 15 is 0 Å². The van der Waals surface area contributed by atoms with Gasteiger partial charge in [-0.05, 0) is 0 Å². The van der Waals surface area contributed by atoms with Crippen molar-refractivity contribution in [2.75, 3.05) is 13.2 Å². The van der Waals surface area contributed by atoms with Gasteiger partial charge in [-0.2, -0.15) is 0 Å². The van der Waals surface area contributed by atoms with Gasteiger partial charge < -0.3 is 61.4 Å². The molecule has 0 aromatic rings. The van der Waals surface area contributed by atoms with Crippen molar-refractivity contribution in [3.8, 4) is 0 Å². The van der Waals surface area contributed by atoms with Crippen molar-refractivity contribution in [2.45, 2.75) is 68.2 Å². The second-order valence-corrected chi connectivity index (χ2v) is 6.26. The van der Waals surface area contributed by atoms with Crippen molar-refractivity contribution in [1.82, 2.24) is 5.32 Å². The third-order valence-corrected chi connectivity index (χ3v) is 4.22. The highest BCUT2D eigenvalue weighted by Crippen LogP contribution is 2.19. The molecule has 11 N–H and O–H groups in total. The Morgan fingerprint density at radius 2 is 1.30 bits per heavy atom. The van der Waals surface area contributed by atoms with Crippen molar-refractivity contribution < 1.29 is 55.1 Å². The molecule has 0 aliphatic carbocycles. The predicted molar refractivity (Wildman–Crippen MR) is 85.5 cm³/mol. The van der Waals surface area contributed by atoms with Gasteiger partial charge in [-0.15, -0.1) is 0 Å². The molecule has 2 aliphatic rings. The molecule has 10 atom stereocenters. The van der Waals surface area contributed by atoms with Crippen LogP contribution in [0.15, 0.2) is 0 Å². The molecule has 0 bridgehead atoms. The average molecular weight is 400 g/mol. The molecule has 0 spiro atoms. The maximum absolute atomic E-state index is 10.7. The van der Waals surface area contributed by atoms with Crippen molar-refractivity contribution in [3.05, 3.63) is 0 Å². The third kappa shape index (κ3) is 6.00. The Balaban J connectivity index is 0.000000277. The molecule has 0 saturated carbocycles. The molecule has 1 amide bonds. The van der Waals surface area contributed by atoms with E-state index in [0.29, 0.717) is 0 Å². The fraction of sp³-hybridized carbons (Fsp3) is 0.929. The van der Waals surface area contributed by atoms with Gasteiger partial charge in [-0.3, -0.25) is 4.79 Å². The SMILES string of the molecule is CC(=O)NC1[C@H](O)OC(CO)[C@@H](O)[C@@H]1O.NC1[C@H](O)OC(CO)[C@@H](O)[C@@H]1O. The second kappa shape index (κ2) is 10.5. The van der Waals surface area contributed by atoms with E-state index in [0.717, 1.165) is 0 Å². The number of carbonyl (C=O) groups is 1. The summed E-state index contributed by atoms with van der Waals surface area (Å²) in [5.74, 6) is -0.462. The standard InChI is InChI=1S/C8H15NO6.C6H13NO5/c1-3(11)9-5-7(13)6(12)4(2-10)15-8(5)14;7-3-5(10)4(9)2(1-8)12-6(3)11/h4-8,10,12-14H,2H2,1H3,(H,9,11);2-6,8-11H,1,7H2/t4?,5?,6-,7-,8-;2?,3?,4-,5-,6-/m11/s1. The highest BCUT2D eigenvalue weighted by molar-refractivity contribution is 5.73. The molecule has 13 heteroatoms. The van der Waals surface area contributed by atoms with E-state index in [1.165, 1.54) is 6.92 Å². The Bertz CT molecular complexity index is 466. The Morgan fingerprint density at radius 3 is 1.74 bits per heavy atom. The summed E-state index contributed by atoms with van der Waals surface area (Å²) in [6, 6.07) is -2.14. The van der Waals surface area contributed by atoms with Gasteiger partial charge in [0.05, 0.1) is 19.3 Å². The molecule has 27 heavy (non-hydrogen) atoms. The van der Waals surface area contributed by atoms with Crippen LogP contribution in [0.4, 0.5) is 0 Å². The fourth-order valence-corrected chi connectivity index (χ4v) is 2.61. The van der Waals surface area contributed by atoms with Crippen LogP contribution in [0.3, 0.4) is 0 Å². The molecule has 0 aromatic heterocycles. The van der Waals surface area contributed by atoms with Gasteiger partial charge in [0.1, 0.15) is 42.7 Å². The first-order valence-electron chi connectivity index (χ1n) is 8.18. The number of carbonyl (C=O) groups excluding carboxylic acids is 1. The Morgan fingerprint density at radius 1 is 0.852 bits per heavy atom. The summed E-state index contributed by atoms with van der Waals surface area (Å²) in [6.45, 7) is 0.216.